The smallest absolute Gasteiger partial charge is 0.274 e. The lowest BCUT2D eigenvalue weighted by Gasteiger charge is -2.12. The molecular formula is C27H21FN4O2. The zero-order valence-corrected chi connectivity index (χ0v) is 18.6. The van der Waals surface area contributed by atoms with Gasteiger partial charge >= 0.3 is 0 Å². The summed E-state index contributed by atoms with van der Waals surface area (Å²) in [6.45, 7) is 1.92. The molecule has 168 valence electrons. The van der Waals surface area contributed by atoms with Gasteiger partial charge < -0.3 is 10.1 Å². The molecule has 5 rings (SSSR count). The number of halogens is 1. The SMILES string of the molecule is COc1ccccc1-c1cc(C(=O)Nc2ccc(F)cc2)nc2c(-c3ccccc3)c(C)nn12. The van der Waals surface area contributed by atoms with Crippen molar-refractivity contribution in [3.8, 4) is 28.1 Å². The average Bonchev–Trinajstić information content (AvgIpc) is 3.21. The van der Waals surface area contributed by atoms with E-state index in [0.717, 1.165) is 22.4 Å². The third kappa shape index (κ3) is 3.88. The predicted molar refractivity (Wildman–Crippen MR) is 130 cm³/mol. The molecule has 34 heavy (non-hydrogen) atoms. The number of amides is 1. The number of carbonyl (C=O) groups excluding carboxylic acids is 1. The summed E-state index contributed by atoms with van der Waals surface area (Å²) >= 11 is 0. The van der Waals surface area contributed by atoms with E-state index >= 15 is 0 Å². The van der Waals surface area contributed by atoms with E-state index in [1.54, 1.807) is 17.7 Å². The molecule has 0 aliphatic carbocycles. The summed E-state index contributed by atoms with van der Waals surface area (Å²) in [6.07, 6.45) is 0. The molecule has 2 heterocycles. The molecule has 6 nitrogen and oxygen atoms in total. The van der Waals surface area contributed by atoms with Gasteiger partial charge in [-0.2, -0.15) is 5.10 Å². The number of anilines is 1. The molecule has 0 radical (unpaired) electrons. The average molecular weight is 452 g/mol. The molecule has 0 fully saturated rings. The summed E-state index contributed by atoms with van der Waals surface area (Å²) in [5.41, 5.74) is 5.24. The Morgan fingerprint density at radius 1 is 0.971 bits per heavy atom. The topological polar surface area (TPSA) is 68.5 Å². The summed E-state index contributed by atoms with van der Waals surface area (Å²) in [6, 6.07) is 24.6. The molecule has 0 aliphatic rings. The number of hydrogen-bond acceptors (Lipinski definition) is 4. The quantitative estimate of drug-likeness (QED) is 0.368. The minimum absolute atomic E-state index is 0.204. The Labute approximate surface area is 195 Å². The number of hydrogen-bond donors (Lipinski definition) is 1. The molecular weight excluding hydrogens is 431 g/mol. The molecule has 0 spiro atoms. The predicted octanol–water partition coefficient (Wildman–Crippen LogP) is 5.77. The highest BCUT2D eigenvalue weighted by Crippen LogP contribution is 2.34. The highest BCUT2D eigenvalue weighted by molar-refractivity contribution is 6.04. The van der Waals surface area contributed by atoms with Crippen LogP contribution in [-0.2, 0) is 0 Å². The second-order valence-corrected chi connectivity index (χ2v) is 7.75. The maximum Gasteiger partial charge on any atom is 0.274 e. The van der Waals surface area contributed by atoms with Gasteiger partial charge in [0.25, 0.3) is 5.91 Å². The molecule has 0 atom stereocenters. The molecule has 3 aromatic carbocycles. The van der Waals surface area contributed by atoms with E-state index in [9.17, 15) is 9.18 Å². The van der Waals surface area contributed by atoms with Crippen LogP contribution in [0.1, 0.15) is 16.2 Å². The number of methoxy groups -OCH3 is 1. The van der Waals surface area contributed by atoms with E-state index in [1.165, 1.54) is 24.3 Å². The Morgan fingerprint density at radius 3 is 2.41 bits per heavy atom. The third-order valence-corrected chi connectivity index (χ3v) is 5.54. The first-order valence-electron chi connectivity index (χ1n) is 10.7. The van der Waals surface area contributed by atoms with Crippen molar-refractivity contribution in [1.29, 1.82) is 0 Å². The molecule has 0 unspecified atom stereocenters. The van der Waals surface area contributed by atoms with E-state index in [-0.39, 0.29) is 11.5 Å². The monoisotopic (exact) mass is 452 g/mol. The first-order chi connectivity index (χ1) is 16.5. The van der Waals surface area contributed by atoms with Crippen LogP contribution in [0.3, 0.4) is 0 Å². The lowest BCUT2D eigenvalue weighted by Crippen LogP contribution is -2.15. The zero-order valence-electron chi connectivity index (χ0n) is 18.6. The summed E-state index contributed by atoms with van der Waals surface area (Å²) in [7, 11) is 1.60. The maximum absolute atomic E-state index is 13.3. The second kappa shape index (κ2) is 8.78. The lowest BCUT2D eigenvalue weighted by atomic mass is 10.1. The van der Waals surface area contributed by atoms with E-state index < -0.39 is 5.91 Å². The number of rotatable bonds is 5. The maximum atomic E-state index is 13.3. The van der Waals surface area contributed by atoms with Crippen LogP contribution in [0.25, 0.3) is 28.0 Å². The van der Waals surface area contributed by atoms with Gasteiger partial charge in [0.2, 0.25) is 0 Å². The van der Waals surface area contributed by atoms with Gasteiger partial charge in [0.05, 0.1) is 18.5 Å². The van der Waals surface area contributed by atoms with Crippen molar-refractivity contribution in [3.63, 3.8) is 0 Å². The number of ether oxygens (including phenoxy) is 1. The first-order valence-corrected chi connectivity index (χ1v) is 10.7. The minimum atomic E-state index is -0.414. The van der Waals surface area contributed by atoms with Crippen LogP contribution in [0.15, 0.2) is 84.9 Å². The fraction of sp³-hybridized carbons (Fsp3) is 0.0741. The highest BCUT2D eigenvalue weighted by atomic mass is 19.1. The molecule has 0 aliphatic heterocycles. The summed E-state index contributed by atoms with van der Waals surface area (Å²) < 4.78 is 20.6. The van der Waals surface area contributed by atoms with Gasteiger partial charge in [-0.1, -0.05) is 42.5 Å². The number of aryl methyl sites for hydroxylation is 1. The van der Waals surface area contributed by atoms with Crippen molar-refractivity contribution in [1.82, 2.24) is 14.6 Å². The molecule has 0 saturated heterocycles. The van der Waals surface area contributed by atoms with Gasteiger partial charge in [-0.25, -0.2) is 13.9 Å². The second-order valence-electron chi connectivity index (χ2n) is 7.75. The van der Waals surface area contributed by atoms with Crippen LogP contribution in [0, 0.1) is 12.7 Å². The Hall–Kier alpha value is -4.52. The van der Waals surface area contributed by atoms with Crippen LogP contribution in [-0.4, -0.2) is 27.6 Å². The van der Waals surface area contributed by atoms with Crippen molar-refractivity contribution in [3.05, 3.63) is 102 Å². The molecule has 1 amide bonds. The normalized spacial score (nSPS) is 10.9. The first kappa shape index (κ1) is 21.3. The van der Waals surface area contributed by atoms with Gasteiger partial charge in [-0.3, -0.25) is 4.79 Å². The van der Waals surface area contributed by atoms with E-state index in [0.29, 0.717) is 22.8 Å². The molecule has 5 aromatic rings. The van der Waals surface area contributed by atoms with Crippen LogP contribution >= 0.6 is 0 Å². The van der Waals surface area contributed by atoms with Crippen LogP contribution < -0.4 is 10.1 Å². The highest BCUT2D eigenvalue weighted by Gasteiger charge is 2.21. The van der Waals surface area contributed by atoms with Crippen molar-refractivity contribution < 1.29 is 13.9 Å². The number of fused-ring (bicyclic) bond motifs is 1. The van der Waals surface area contributed by atoms with E-state index in [2.05, 4.69) is 5.32 Å². The molecule has 0 bridgehead atoms. The zero-order chi connectivity index (χ0) is 23.7. The van der Waals surface area contributed by atoms with Crippen LogP contribution in [0.5, 0.6) is 5.75 Å². The van der Waals surface area contributed by atoms with Crippen molar-refractivity contribution in [2.75, 3.05) is 12.4 Å². The van der Waals surface area contributed by atoms with Gasteiger partial charge in [0, 0.05) is 16.8 Å². The molecule has 1 N–H and O–H groups in total. The van der Waals surface area contributed by atoms with Crippen LogP contribution in [0.2, 0.25) is 0 Å². The summed E-state index contributed by atoms with van der Waals surface area (Å²) in [5, 5.41) is 7.56. The number of nitrogens with zero attached hydrogens (tertiary/aromatic N) is 3. The number of nitrogens with one attached hydrogen (secondary N) is 1. The standard InChI is InChI=1S/C27H21FN4O2/c1-17-25(18-8-4-3-5-9-18)26-30-22(27(33)29-20-14-12-19(28)13-15-20)16-23(32(26)31-17)21-10-6-7-11-24(21)34-2/h3-16H,1-2H3,(H,29,33). The van der Waals surface area contributed by atoms with Crippen LogP contribution in [0.4, 0.5) is 10.1 Å². The van der Waals surface area contributed by atoms with Crippen molar-refractivity contribution >= 4 is 17.2 Å². The van der Waals surface area contributed by atoms with Gasteiger partial charge in [0.1, 0.15) is 17.3 Å². The summed E-state index contributed by atoms with van der Waals surface area (Å²) in [4.78, 5) is 17.9. The van der Waals surface area contributed by atoms with Crippen molar-refractivity contribution in [2.45, 2.75) is 6.92 Å². The molecule has 7 heteroatoms. The van der Waals surface area contributed by atoms with E-state index in [1.807, 2.05) is 61.5 Å². The number of para-hydroxylation sites is 1. The number of aromatic nitrogens is 3. The van der Waals surface area contributed by atoms with E-state index in [4.69, 9.17) is 14.8 Å². The van der Waals surface area contributed by atoms with Gasteiger partial charge in [-0.05, 0) is 55.0 Å². The minimum Gasteiger partial charge on any atom is -0.496 e. The largest absolute Gasteiger partial charge is 0.496 e. The molecule has 0 saturated carbocycles. The fourth-order valence-electron chi connectivity index (χ4n) is 3.96. The lowest BCUT2D eigenvalue weighted by molar-refractivity contribution is 0.102. The van der Waals surface area contributed by atoms with Crippen molar-refractivity contribution in [2.24, 2.45) is 0 Å². The number of benzene rings is 3. The number of carbonyl (C=O) groups is 1. The van der Waals surface area contributed by atoms with Gasteiger partial charge in [-0.15, -0.1) is 0 Å². The molecule has 2 aromatic heterocycles. The fourth-order valence-corrected chi connectivity index (χ4v) is 3.96. The Kier molecular flexibility index (Phi) is 5.51. The summed E-state index contributed by atoms with van der Waals surface area (Å²) in [5.74, 6) is -0.143. The van der Waals surface area contributed by atoms with Gasteiger partial charge in [0.15, 0.2) is 5.65 Å². The Balaban J connectivity index is 1.73. The Bertz CT molecular complexity index is 1500. The Morgan fingerprint density at radius 2 is 1.68 bits per heavy atom. The third-order valence-electron chi connectivity index (χ3n) is 5.54.